The standard InChI is InChI=1S/C24H31ClN2O5/c1-5-32-24(29)20-19(16-8-6-7-9-17(16)25)18(23(28)31-4)14(2)27-21(20)22(30-3)15-10-12-26-13-11-15/h6-9,15,18-19,22,26H,5,10-13H2,1-4H3. The first-order valence-corrected chi connectivity index (χ1v) is 11.3. The Bertz CT molecular complexity index is 907. The Kier molecular flexibility index (Phi) is 8.45. The van der Waals surface area contributed by atoms with Crippen LogP contribution in [0.1, 0.15) is 38.2 Å². The summed E-state index contributed by atoms with van der Waals surface area (Å²) in [7, 11) is 2.96. The first-order chi connectivity index (χ1) is 15.4. The summed E-state index contributed by atoms with van der Waals surface area (Å²) in [5, 5.41) is 3.81. The molecule has 0 saturated carbocycles. The number of benzene rings is 1. The Labute approximate surface area is 194 Å². The molecule has 174 valence electrons. The van der Waals surface area contributed by atoms with Crippen molar-refractivity contribution in [1.29, 1.82) is 0 Å². The summed E-state index contributed by atoms with van der Waals surface area (Å²) in [5.74, 6) is -2.31. The van der Waals surface area contributed by atoms with E-state index < -0.39 is 29.9 Å². The fraction of sp³-hybridized carbons (Fsp3) is 0.542. The van der Waals surface area contributed by atoms with Gasteiger partial charge in [-0.2, -0.15) is 0 Å². The molecule has 0 radical (unpaired) electrons. The number of esters is 2. The second-order valence-electron chi connectivity index (χ2n) is 8.02. The number of halogens is 1. The Morgan fingerprint density at radius 1 is 1.22 bits per heavy atom. The van der Waals surface area contributed by atoms with Crippen molar-refractivity contribution in [3.63, 3.8) is 0 Å². The van der Waals surface area contributed by atoms with Crippen LogP contribution < -0.4 is 5.32 Å². The average Bonchev–Trinajstić information content (AvgIpc) is 2.80. The van der Waals surface area contributed by atoms with Gasteiger partial charge in [-0.1, -0.05) is 29.8 Å². The molecule has 3 atom stereocenters. The molecule has 2 aliphatic heterocycles. The highest BCUT2D eigenvalue weighted by atomic mass is 35.5. The molecule has 0 amide bonds. The van der Waals surface area contributed by atoms with Gasteiger partial charge in [0, 0.05) is 23.8 Å². The van der Waals surface area contributed by atoms with E-state index in [1.807, 2.05) is 18.2 Å². The number of carbonyl (C=O) groups excluding carboxylic acids is 2. The number of hydrogen-bond donors (Lipinski definition) is 1. The topological polar surface area (TPSA) is 86.2 Å². The smallest absolute Gasteiger partial charge is 0.336 e. The summed E-state index contributed by atoms with van der Waals surface area (Å²) in [4.78, 5) is 31.0. The normalized spacial score (nSPS) is 22.8. The summed E-state index contributed by atoms with van der Waals surface area (Å²) < 4.78 is 16.5. The highest BCUT2D eigenvalue weighted by Gasteiger charge is 2.46. The van der Waals surface area contributed by atoms with Gasteiger partial charge < -0.3 is 19.5 Å². The van der Waals surface area contributed by atoms with Crippen molar-refractivity contribution in [1.82, 2.24) is 5.32 Å². The van der Waals surface area contributed by atoms with Crippen molar-refractivity contribution < 1.29 is 23.8 Å². The van der Waals surface area contributed by atoms with Crippen LogP contribution in [0.15, 0.2) is 40.5 Å². The summed E-state index contributed by atoms with van der Waals surface area (Å²) in [6.45, 7) is 5.46. The van der Waals surface area contributed by atoms with Crippen LogP contribution in [0.5, 0.6) is 0 Å². The molecule has 1 fully saturated rings. The summed E-state index contributed by atoms with van der Waals surface area (Å²) in [6, 6.07) is 7.21. The largest absolute Gasteiger partial charge is 0.468 e. The molecule has 0 aliphatic carbocycles. The molecule has 1 N–H and O–H groups in total. The van der Waals surface area contributed by atoms with Crippen LogP contribution in [0.2, 0.25) is 5.02 Å². The van der Waals surface area contributed by atoms with Gasteiger partial charge in [-0.3, -0.25) is 9.79 Å². The molecule has 8 heteroatoms. The van der Waals surface area contributed by atoms with Gasteiger partial charge in [0.05, 0.1) is 25.0 Å². The highest BCUT2D eigenvalue weighted by molar-refractivity contribution is 6.31. The van der Waals surface area contributed by atoms with Crippen molar-refractivity contribution in [2.75, 3.05) is 33.9 Å². The lowest BCUT2D eigenvalue weighted by Crippen LogP contribution is -2.41. The fourth-order valence-corrected chi connectivity index (χ4v) is 4.97. The van der Waals surface area contributed by atoms with Crippen LogP contribution >= 0.6 is 11.6 Å². The lowest BCUT2D eigenvalue weighted by atomic mass is 9.73. The van der Waals surface area contributed by atoms with E-state index in [1.165, 1.54) is 7.11 Å². The predicted molar refractivity (Wildman–Crippen MR) is 123 cm³/mol. The van der Waals surface area contributed by atoms with E-state index >= 15 is 0 Å². The van der Waals surface area contributed by atoms with Gasteiger partial charge in [-0.25, -0.2) is 4.79 Å². The van der Waals surface area contributed by atoms with Gasteiger partial charge in [0.25, 0.3) is 0 Å². The zero-order valence-corrected chi connectivity index (χ0v) is 19.8. The molecule has 2 heterocycles. The summed E-state index contributed by atoms with van der Waals surface area (Å²) in [6.07, 6.45) is 1.38. The van der Waals surface area contributed by atoms with E-state index in [9.17, 15) is 9.59 Å². The van der Waals surface area contributed by atoms with Crippen molar-refractivity contribution in [2.24, 2.45) is 16.8 Å². The Balaban J connectivity index is 2.26. The molecule has 0 aromatic heterocycles. The maximum Gasteiger partial charge on any atom is 0.336 e. The minimum absolute atomic E-state index is 0.179. The maximum absolute atomic E-state index is 13.4. The quantitative estimate of drug-likeness (QED) is 0.624. The lowest BCUT2D eigenvalue weighted by molar-refractivity contribution is -0.144. The van der Waals surface area contributed by atoms with Crippen molar-refractivity contribution in [3.05, 3.63) is 46.1 Å². The number of carbonyl (C=O) groups is 2. The number of piperidine rings is 1. The van der Waals surface area contributed by atoms with Crippen LogP contribution in [0, 0.1) is 11.8 Å². The van der Waals surface area contributed by atoms with Crippen molar-refractivity contribution in [3.8, 4) is 0 Å². The van der Waals surface area contributed by atoms with Crippen LogP contribution in [0.3, 0.4) is 0 Å². The van der Waals surface area contributed by atoms with E-state index in [4.69, 9.17) is 30.8 Å². The van der Waals surface area contributed by atoms with E-state index in [0.717, 1.165) is 25.9 Å². The average molecular weight is 463 g/mol. The van der Waals surface area contributed by atoms with Crippen molar-refractivity contribution in [2.45, 2.75) is 38.7 Å². The number of ether oxygens (including phenoxy) is 3. The second kappa shape index (κ2) is 11.1. The number of nitrogens with one attached hydrogen (secondary N) is 1. The lowest BCUT2D eigenvalue weighted by Gasteiger charge is -2.37. The monoisotopic (exact) mass is 462 g/mol. The Morgan fingerprint density at radius 2 is 1.91 bits per heavy atom. The molecule has 1 aromatic rings. The van der Waals surface area contributed by atoms with Gasteiger partial charge in [-0.05, 0) is 57.3 Å². The van der Waals surface area contributed by atoms with Gasteiger partial charge in [0.15, 0.2) is 0 Å². The zero-order chi connectivity index (χ0) is 23.3. The molecule has 2 aliphatic rings. The van der Waals surface area contributed by atoms with Gasteiger partial charge in [-0.15, -0.1) is 0 Å². The molecule has 0 spiro atoms. The van der Waals surface area contributed by atoms with Crippen molar-refractivity contribution >= 4 is 29.3 Å². The van der Waals surface area contributed by atoms with E-state index in [2.05, 4.69) is 5.32 Å². The molecule has 0 bridgehead atoms. The Hall–Kier alpha value is -2.22. The van der Waals surface area contributed by atoms with E-state index in [1.54, 1.807) is 27.0 Å². The summed E-state index contributed by atoms with van der Waals surface area (Å²) >= 11 is 6.57. The molecule has 7 nitrogen and oxygen atoms in total. The number of aliphatic imine (C=N–C) groups is 1. The van der Waals surface area contributed by atoms with Gasteiger partial charge in [0.2, 0.25) is 0 Å². The second-order valence-corrected chi connectivity index (χ2v) is 8.42. The van der Waals surface area contributed by atoms with Crippen LogP contribution in [-0.4, -0.2) is 57.7 Å². The number of rotatable bonds is 7. The summed E-state index contributed by atoms with van der Waals surface area (Å²) in [5.41, 5.74) is 2.03. The van der Waals surface area contributed by atoms with Crippen LogP contribution in [0.25, 0.3) is 0 Å². The maximum atomic E-state index is 13.4. The minimum atomic E-state index is -0.798. The van der Waals surface area contributed by atoms with Crippen LogP contribution in [0.4, 0.5) is 0 Å². The third-order valence-corrected chi connectivity index (χ3v) is 6.54. The van der Waals surface area contributed by atoms with Gasteiger partial charge in [0.1, 0.15) is 12.0 Å². The predicted octanol–water partition coefficient (Wildman–Crippen LogP) is 3.52. The number of nitrogens with zero attached hydrogens (tertiary/aromatic N) is 1. The number of hydrogen-bond acceptors (Lipinski definition) is 7. The van der Waals surface area contributed by atoms with E-state index in [0.29, 0.717) is 27.6 Å². The Morgan fingerprint density at radius 3 is 2.50 bits per heavy atom. The molecule has 32 heavy (non-hydrogen) atoms. The van der Waals surface area contributed by atoms with E-state index in [-0.39, 0.29) is 12.5 Å². The third-order valence-electron chi connectivity index (χ3n) is 6.19. The van der Waals surface area contributed by atoms with Gasteiger partial charge >= 0.3 is 11.9 Å². The number of methoxy groups -OCH3 is 2. The highest BCUT2D eigenvalue weighted by Crippen LogP contribution is 2.44. The van der Waals surface area contributed by atoms with Crippen LogP contribution in [-0.2, 0) is 23.8 Å². The first-order valence-electron chi connectivity index (χ1n) is 11.0. The third kappa shape index (κ3) is 4.90. The SMILES string of the molecule is CCOC(=O)C1=C(C(OC)C2CCNCC2)N=C(C)C(C(=O)OC)C1c1ccccc1Cl. The first kappa shape index (κ1) is 24.4. The molecule has 1 aromatic carbocycles. The molecule has 3 rings (SSSR count). The fourth-order valence-electron chi connectivity index (χ4n) is 4.71. The zero-order valence-electron chi connectivity index (χ0n) is 19.0. The molecule has 3 unspecified atom stereocenters. The molecular formula is C24H31ClN2O5. The molecule has 1 saturated heterocycles. The molecular weight excluding hydrogens is 432 g/mol. The minimum Gasteiger partial charge on any atom is -0.468 e.